The summed E-state index contributed by atoms with van der Waals surface area (Å²) in [5.41, 5.74) is 3.00. The number of hydrogen-bond donors (Lipinski definition) is 1. The Hall–Kier alpha value is -3.94. The zero-order chi connectivity index (χ0) is 20.7. The first-order chi connectivity index (χ1) is 14.6. The molecule has 6 nitrogen and oxygen atoms in total. The molecule has 0 aliphatic carbocycles. The van der Waals surface area contributed by atoms with Gasteiger partial charge in [0, 0.05) is 35.4 Å². The number of alkyl halides is 2. The molecule has 0 spiro atoms. The molecule has 5 aromatic rings. The molecule has 5 rings (SSSR count). The molecule has 30 heavy (non-hydrogen) atoms. The molecule has 0 bridgehead atoms. The van der Waals surface area contributed by atoms with Crippen LogP contribution in [0.2, 0.25) is 0 Å². The number of rotatable bonds is 4. The normalized spacial score (nSPS) is 11.8. The highest BCUT2D eigenvalue weighted by Crippen LogP contribution is 2.36. The molecule has 0 radical (unpaired) electrons. The van der Waals surface area contributed by atoms with Gasteiger partial charge in [0.2, 0.25) is 5.82 Å². The summed E-state index contributed by atoms with van der Waals surface area (Å²) < 4.78 is 31.9. The summed E-state index contributed by atoms with van der Waals surface area (Å²) in [5.74, 6) is -3.92. The van der Waals surface area contributed by atoms with Crippen LogP contribution in [-0.2, 0) is 5.92 Å². The summed E-state index contributed by atoms with van der Waals surface area (Å²) in [6.45, 7) is 0. The molecule has 0 saturated carbocycles. The van der Waals surface area contributed by atoms with Crippen LogP contribution in [0.1, 0.15) is 11.4 Å². The van der Waals surface area contributed by atoms with Crippen LogP contribution in [0, 0.1) is 0 Å². The highest BCUT2D eigenvalue weighted by molar-refractivity contribution is 5.79. The second-order valence-corrected chi connectivity index (χ2v) is 6.82. The van der Waals surface area contributed by atoms with Gasteiger partial charge in [-0.1, -0.05) is 24.3 Å². The molecule has 0 amide bonds. The first-order valence-electron chi connectivity index (χ1n) is 9.30. The molecule has 0 atom stereocenters. The van der Waals surface area contributed by atoms with Gasteiger partial charge in [-0.25, -0.2) is 0 Å². The minimum atomic E-state index is -3.38. The molecule has 0 unspecified atom stereocenters. The maximum Gasteiger partial charge on any atom is 0.333 e. The summed E-state index contributed by atoms with van der Waals surface area (Å²) in [5, 5.41) is 15.7. The zero-order valence-electron chi connectivity index (χ0n) is 15.9. The van der Waals surface area contributed by atoms with Crippen LogP contribution in [0.5, 0.6) is 0 Å². The Kier molecular flexibility index (Phi) is 4.13. The highest BCUT2D eigenvalue weighted by atomic mass is 19.3. The van der Waals surface area contributed by atoms with Crippen molar-refractivity contribution in [2.75, 3.05) is 12.4 Å². The molecule has 0 saturated heterocycles. The van der Waals surface area contributed by atoms with Gasteiger partial charge in [0.05, 0.1) is 11.2 Å². The van der Waals surface area contributed by atoms with E-state index in [4.69, 9.17) is 0 Å². The van der Waals surface area contributed by atoms with Crippen molar-refractivity contribution in [1.82, 2.24) is 24.8 Å². The van der Waals surface area contributed by atoms with E-state index in [2.05, 4.69) is 25.6 Å². The van der Waals surface area contributed by atoms with Crippen molar-refractivity contribution in [2.24, 2.45) is 0 Å². The quantitative estimate of drug-likeness (QED) is 0.479. The smallest absolute Gasteiger partial charge is 0.333 e. The number of benzene rings is 2. The Balaban J connectivity index is 1.61. The minimum absolute atomic E-state index is 0.192. The monoisotopic (exact) mass is 402 g/mol. The van der Waals surface area contributed by atoms with Gasteiger partial charge in [-0.3, -0.25) is 4.98 Å². The maximum absolute atomic E-state index is 15.4. The molecule has 148 valence electrons. The largest absolute Gasteiger partial charge is 0.388 e. The van der Waals surface area contributed by atoms with Crippen LogP contribution in [0.25, 0.3) is 27.8 Å². The second-order valence-electron chi connectivity index (χ2n) is 6.82. The topological polar surface area (TPSA) is 68.0 Å². The molecule has 1 N–H and O–H groups in total. The van der Waals surface area contributed by atoms with Crippen molar-refractivity contribution in [3.63, 3.8) is 0 Å². The number of aromatic nitrogens is 5. The second kappa shape index (κ2) is 6.84. The first kappa shape index (κ1) is 18.1. The van der Waals surface area contributed by atoms with Crippen LogP contribution in [0.3, 0.4) is 0 Å². The number of pyridine rings is 1. The summed E-state index contributed by atoms with van der Waals surface area (Å²) in [7, 11) is 1.83. The van der Waals surface area contributed by atoms with Gasteiger partial charge in [0.15, 0.2) is 5.65 Å². The lowest BCUT2D eigenvalue weighted by Gasteiger charge is -2.15. The van der Waals surface area contributed by atoms with E-state index in [1.54, 1.807) is 36.5 Å². The molecule has 0 aliphatic heterocycles. The third-order valence-corrected chi connectivity index (χ3v) is 4.98. The fourth-order valence-corrected chi connectivity index (χ4v) is 3.35. The van der Waals surface area contributed by atoms with Gasteiger partial charge >= 0.3 is 5.92 Å². The summed E-state index contributed by atoms with van der Waals surface area (Å²) in [6, 6.07) is 18.7. The molecule has 0 aliphatic rings. The minimum Gasteiger partial charge on any atom is -0.388 e. The van der Waals surface area contributed by atoms with Gasteiger partial charge in [-0.2, -0.15) is 18.4 Å². The number of fused-ring (bicyclic) bond motifs is 2. The van der Waals surface area contributed by atoms with Gasteiger partial charge < -0.3 is 5.32 Å². The third kappa shape index (κ3) is 2.93. The van der Waals surface area contributed by atoms with Crippen molar-refractivity contribution in [3.05, 3.63) is 84.3 Å². The summed E-state index contributed by atoms with van der Waals surface area (Å²) in [6.07, 6.45) is 1.63. The van der Waals surface area contributed by atoms with Gasteiger partial charge in [0.1, 0.15) is 0 Å². The van der Waals surface area contributed by atoms with E-state index in [1.165, 1.54) is 12.1 Å². The average molecular weight is 402 g/mol. The fourth-order valence-electron chi connectivity index (χ4n) is 3.35. The molecular weight excluding hydrogens is 386 g/mol. The number of hydrogen-bond acceptors (Lipinski definition) is 5. The van der Waals surface area contributed by atoms with Gasteiger partial charge in [-0.15, -0.1) is 10.2 Å². The van der Waals surface area contributed by atoms with E-state index in [-0.39, 0.29) is 11.2 Å². The predicted molar refractivity (Wildman–Crippen MR) is 111 cm³/mol. The summed E-state index contributed by atoms with van der Waals surface area (Å²) in [4.78, 5) is 4.18. The Morgan fingerprint density at radius 3 is 2.57 bits per heavy atom. The molecule has 2 aromatic carbocycles. The van der Waals surface area contributed by atoms with E-state index >= 15 is 8.78 Å². The van der Waals surface area contributed by atoms with E-state index in [0.29, 0.717) is 16.6 Å². The Morgan fingerprint density at radius 2 is 1.77 bits per heavy atom. The van der Waals surface area contributed by atoms with Crippen LogP contribution in [0.15, 0.2) is 72.9 Å². The molecular formula is C22H16F2N6. The van der Waals surface area contributed by atoms with Crippen molar-refractivity contribution in [1.29, 1.82) is 0 Å². The first-order valence-corrected chi connectivity index (χ1v) is 9.30. The fraction of sp³-hybridized carbons (Fsp3) is 0.0909. The van der Waals surface area contributed by atoms with Crippen LogP contribution >= 0.6 is 0 Å². The lowest BCUT2D eigenvalue weighted by molar-refractivity contribution is 0.0307. The van der Waals surface area contributed by atoms with E-state index < -0.39 is 11.7 Å². The van der Waals surface area contributed by atoms with Crippen molar-refractivity contribution in [3.8, 4) is 11.3 Å². The molecule has 8 heteroatoms. The number of nitrogens with one attached hydrogen (secondary N) is 1. The third-order valence-electron chi connectivity index (χ3n) is 4.98. The SMILES string of the molecule is CNc1ccc(-c2ccc3nnc(C(F)(F)c4ccc5ncccc5c4)n3n2)cc1. The van der Waals surface area contributed by atoms with Crippen LogP contribution in [-0.4, -0.2) is 31.8 Å². The average Bonchev–Trinajstić information content (AvgIpc) is 3.23. The Labute approximate surface area is 170 Å². The number of halogens is 2. The lowest BCUT2D eigenvalue weighted by atomic mass is 10.0. The number of anilines is 1. The van der Waals surface area contributed by atoms with Crippen molar-refractivity contribution in [2.45, 2.75) is 5.92 Å². The van der Waals surface area contributed by atoms with E-state index in [0.717, 1.165) is 15.8 Å². The van der Waals surface area contributed by atoms with Crippen LogP contribution < -0.4 is 5.32 Å². The van der Waals surface area contributed by atoms with Gasteiger partial charge in [-0.05, 0) is 42.5 Å². The number of nitrogens with zero attached hydrogens (tertiary/aromatic N) is 5. The molecule has 3 aromatic heterocycles. The Morgan fingerprint density at radius 1 is 0.933 bits per heavy atom. The molecule has 0 fully saturated rings. The standard InChI is InChI=1S/C22H16F2N6/c1-25-17-7-4-14(5-8-17)19-10-11-20-27-28-21(30(20)29-19)22(23,24)16-6-9-18-15(13-16)3-2-12-26-18/h2-13,25H,1H3. The predicted octanol–water partition coefficient (Wildman–Crippen LogP) is 4.52. The molecule has 3 heterocycles. The van der Waals surface area contributed by atoms with Crippen LogP contribution in [0.4, 0.5) is 14.5 Å². The van der Waals surface area contributed by atoms with Gasteiger partial charge in [0.25, 0.3) is 0 Å². The maximum atomic E-state index is 15.4. The zero-order valence-corrected chi connectivity index (χ0v) is 15.9. The summed E-state index contributed by atoms with van der Waals surface area (Å²) >= 11 is 0. The highest BCUT2D eigenvalue weighted by Gasteiger charge is 2.40. The van der Waals surface area contributed by atoms with Crippen molar-refractivity contribution >= 4 is 22.2 Å². The lowest BCUT2D eigenvalue weighted by Crippen LogP contribution is -2.20. The van der Waals surface area contributed by atoms with Crippen molar-refractivity contribution < 1.29 is 8.78 Å². The Bertz CT molecular complexity index is 1360. The van der Waals surface area contributed by atoms with E-state index in [1.807, 2.05) is 31.3 Å². The van der Waals surface area contributed by atoms with E-state index in [9.17, 15) is 0 Å².